The SMILES string of the molecule is NC[C@@H]1[C@H](c2ccccc2)[C@@H]1S(=O)(=O)c1ccc(Cl)cc1. The third kappa shape index (κ3) is 2.59. The Morgan fingerprint density at radius 1 is 1.00 bits per heavy atom. The van der Waals surface area contributed by atoms with Crippen LogP contribution < -0.4 is 5.73 Å². The quantitative estimate of drug-likeness (QED) is 0.942. The van der Waals surface area contributed by atoms with Crippen LogP contribution in [0.25, 0.3) is 0 Å². The number of nitrogens with two attached hydrogens (primary N) is 1. The van der Waals surface area contributed by atoms with E-state index in [1.807, 2.05) is 30.3 Å². The summed E-state index contributed by atoms with van der Waals surface area (Å²) in [6, 6.07) is 16.0. The van der Waals surface area contributed by atoms with E-state index in [0.29, 0.717) is 16.5 Å². The maximum Gasteiger partial charge on any atom is 0.182 e. The minimum atomic E-state index is -3.38. The normalized spacial score (nSPS) is 24.8. The maximum atomic E-state index is 12.8. The second-order valence-corrected chi connectivity index (χ2v) is 7.84. The highest BCUT2D eigenvalue weighted by Crippen LogP contribution is 2.53. The molecule has 21 heavy (non-hydrogen) atoms. The van der Waals surface area contributed by atoms with Gasteiger partial charge >= 0.3 is 0 Å². The lowest BCUT2D eigenvalue weighted by molar-refractivity contribution is 0.591. The van der Waals surface area contributed by atoms with Crippen molar-refractivity contribution in [2.45, 2.75) is 16.1 Å². The van der Waals surface area contributed by atoms with Gasteiger partial charge in [0.15, 0.2) is 9.84 Å². The van der Waals surface area contributed by atoms with E-state index >= 15 is 0 Å². The Bertz CT molecular complexity index is 729. The molecule has 1 saturated carbocycles. The zero-order valence-corrected chi connectivity index (χ0v) is 12.9. The van der Waals surface area contributed by atoms with Crippen LogP contribution in [0.15, 0.2) is 59.5 Å². The minimum absolute atomic E-state index is 0.0168. The molecular weight excluding hydrogens is 306 g/mol. The third-order valence-corrected chi connectivity index (χ3v) is 6.59. The maximum absolute atomic E-state index is 12.8. The van der Waals surface area contributed by atoms with Crippen molar-refractivity contribution in [2.75, 3.05) is 6.54 Å². The van der Waals surface area contributed by atoms with Gasteiger partial charge in [0.1, 0.15) is 0 Å². The second kappa shape index (κ2) is 5.44. The molecule has 2 N–H and O–H groups in total. The Kier molecular flexibility index (Phi) is 3.78. The summed E-state index contributed by atoms with van der Waals surface area (Å²) in [7, 11) is -3.38. The van der Waals surface area contributed by atoms with Gasteiger partial charge in [-0.15, -0.1) is 0 Å². The van der Waals surface area contributed by atoms with E-state index in [4.69, 9.17) is 17.3 Å². The van der Waals surface area contributed by atoms with Crippen LogP contribution in [-0.2, 0) is 9.84 Å². The van der Waals surface area contributed by atoms with Gasteiger partial charge in [-0.1, -0.05) is 41.9 Å². The lowest BCUT2D eigenvalue weighted by Gasteiger charge is -2.04. The molecular formula is C16H16ClNO2S. The summed E-state index contributed by atoms with van der Waals surface area (Å²) in [6.07, 6.45) is 0. The van der Waals surface area contributed by atoms with E-state index in [9.17, 15) is 8.42 Å². The summed E-state index contributed by atoms with van der Waals surface area (Å²) < 4.78 is 25.5. The van der Waals surface area contributed by atoms with Gasteiger partial charge < -0.3 is 5.73 Å². The third-order valence-electron chi connectivity index (χ3n) is 4.05. The first-order chi connectivity index (χ1) is 10.1. The van der Waals surface area contributed by atoms with Crippen molar-refractivity contribution in [3.63, 3.8) is 0 Å². The molecule has 5 heteroatoms. The molecule has 0 radical (unpaired) electrons. The smallest absolute Gasteiger partial charge is 0.182 e. The average Bonchev–Trinajstić information content (AvgIpc) is 3.24. The number of hydrogen-bond acceptors (Lipinski definition) is 3. The van der Waals surface area contributed by atoms with Crippen LogP contribution in [0.3, 0.4) is 0 Å². The number of hydrogen-bond donors (Lipinski definition) is 1. The molecule has 0 aromatic heterocycles. The fourth-order valence-corrected chi connectivity index (χ4v) is 5.29. The van der Waals surface area contributed by atoms with Gasteiger partial charge in [-0.3, -0.25) is 0 Å². The minimum Gasteiger partial charge on any atom is -0.330 e. The molecule has 0 amide bonds. The molecule has 0 unspecified atom stereocenters. The molecule has 3 nitrogen and oxygen atoms in total. The van der Waals surface area contributed by atoms with Gasteiger partial charge in [0.2, 0.25) is 0 Å². The monoisotopic (exact) mass is 321 g/mol. The topological polar surface area (TPSA) is 60.2 Å². The summed E-state index contributed by atoms with van der Waals surface area (Å²) in [5.41, 5.74) is 6.80. The van der Waals surface area contributed by atoms with Crippen molar-refractivity contribution < 1.29 is 8.42 Å². The predicted octanol–water partition coefficient (Wildman–Crippen LogP) is 2.85. The Labute approximate surface area is 129 Å². The molecule has 110 valence electrons. The van der Waals surface area contributed by atoms with E-state index in [1.54, 1.807) is 24.3 Å². The van der Waals surface area contributed by atoms with Gasteiger partial charge in [-0.05, 0) is 42.3 Å². The fraction of sp³-hybridized carbons (Fsp3) is 0.250. The number of halogens is 1. The average molecular weight is 322 g/mol. The van der Waals surface area contributed by atoms with Crippen LogP contribution in [0.4, 0.5) is 0 Å². The molecule has 0 saturated heterocycles. The zero-order chi connectivity index (χ0) is 15.0. The van der Waals surface area contributed by atoms with Crippen molar-refractivity contribution in [2.24, 2.45) is 11.7 Å². The van der Waals surface area contributed by atoms with Gasteiger partial charge in [0.05, 0.1) is 10.1 Å². The first-order valence-corrected chi connectivity index (χ1v) is 8.72. The molecule has 1 fully saturated rings. The van der Waals surface area contributed by atoms with Gasteiger partial charge in [0, 0.05) is 10.9 Å². The first kappa shape index (κ1) is 14.6. The molecule has 0 spiro atoms. The summed E-state index contributed by atoms with van der Waals surface area (Å²) in [5.74, 6) is -0.0371. The van der Waals surface area contributed by atoms with Crippen molar-refractivity contribution in [3.05, 3.63) is 65.2 Å². The molecule has 3 atom stereocenters. The largest absolute Gasteiger partial charge is 0.330 e. The Balaban J connectivity index is 1.94. The molecule has 3 rings (SSSR count). The highest BCUT2D eigenvalue weighted by molar-refractivity contribution is 7.92. The molecule has 0 aliphatic heterocycles. The number of rotatable bonds is 4. The Hall–Kier alpha value is -1.36. The van der Waals surface area contributed by atoms with E-state index in [-0.39, 0.29) is 11.8 Å². The van der Waals surface area contributed by atoms with E-state index in [1.165, 1.54) is 0 Å². The van der Waals surface area contributed by atoms with Crippen LogP contribution in [0.5, 0.6) is 0 Å². The standard InChI is InChI=1S/C16H16ClNO2S/c17-12-6-8-13(9-7-12)21(19,20)16-14(10-18)15(16)11-4-2-1-3-5-11/h1-9,14-16H,10,18H2/t14-,15+,16-/m1/s1. The predicted molar refractivity (Wildman–Crippen MR) is 84.2 cm³/mol. The lowest BCUT2D eigenvalue weighted by Crippen LogP contribution is -2.13. The summed E-state index contributed by atoms with van der Waals surface area (Å²) in [4.78, 5) is 0.314. The summed E-state index contributed by atoms with van der Waals surface area (Å²) in [6.45, 7) is 0.372. The highest BCUT2D eigenvalue weighted by Gasteiger charge is 2.57. The fourth-order valence-electron chi connectivity index (χ4n) is 2.94. The molecule has 2 aromatic rings. The molecule has 1 aliphatic carbocycles. The van der Waals surface area contributed by atoms with Gasteiger partial charge in [0.25, 0.3) is 0 Å². The van der Waals surface area contributed by atoms with Crippen LogP contribution in [0.2, 0.25) is 5.02 Å². The van der Waals surface area contributed by atoms with Crippen molar-refractivity contribution in [3.8, 4) is 0 Å². The van der Waals surface area contributed by atoms with E-state index in [2.05, 4.69) is 0 Å². The first-order valence-electron chi connectivity index (χ1n) is 6.80. The van der Waals surface area contributed by atoms with Crippen molar-refractivity contribution in [1.82, 2.24) is 0 Å². The Morgan fingerprint density at radius 3 is 2.19 bits per heavy atom. The number of sulfone groups is 1. The van der Waals surface area contributed by atoms with Crippen LogP contribution in [0, 0.1) is 5.92 Å². The van der Waals surface area contributed by atoms with Crippen LogP contribution in [-0.4, -0.2) is 20.2 Å². The molecule has 0 heterocycles. The number of benzene rings is 2. The van der Waals surface area contributed by atoms with Crippen molar-refractivity contribution in [1.29, 1.82) is 0 Å². The van der Waals surface area contributed by atoms with E-state index < -0.39 is 15.1 Å². The van der Waals surface area contributed by atoms with Crippen molar-refractivity contribution >= 4 is 21.4 Å². The second-order valence-electron chi connectivity index (χ2n) is 5.30. The van der Waals surface area contributed by atoms with Gasteiger partial charge in [-0.25, -0.2) is 8.42 Å². The van der Waals surface area contributed by atoms with Gasteiger partial charge in [-0.2, -0.15) is 0 Å². The van der Waals surface area contributed by atoms with Crippen LogP contribution >= 0.6 is 11.6 Å². The zero-order valence-electron chi connectivity index (χ0n) is 11.3. The summed E-state index contributed by atoms with van der Waals surface area (Å²) in [5, 5.41) is 0.0887. The molecule has 0 bridgehead atoms. The molecule has 1 aliphatic rings. The molecule has 2 aromatic carbocycles. The lowest BCUT2D eigenvalue weighted by atomic mass is 10.1. The Morgan fingerprint density at radius 2 is 1.62 bits per heavy atom. The van der Waals surface area contributed by atoms with E-state index in [0.717, 1.165) is 5.56 Å². The summed E-state index contributed by atoms with van der Waals surface area (Å²) >= 11 is 5.82. The van der Waals surface area contributed by atoms with Crippen LogP contribution in [0.1, 0.15) is 11.5 Å². The highest BCUT2D eigenvalue weighted by atomic mass is 35.5.